The van der Waals surface area contributed by atoms with Crippen LogP contribution >= 0.6 is 0 Å². The average Bonchev–Trinajstić information content (AvgIpc) is 2.42. The Morgan fingerprint density at radius 2 is 2.21 bits per heavy atom. The third kappa shape index (κ3) is 2.68. The summed E-state index contributed by atoms with van der Waals surface area (Å²) in [7, 11) is -1.22. The van der Waals surface area contributed by atoms with Gasteiger partial charge in [-0.15, -0.1) is 0 Å². The van der Waals surface area contributed by atoms with Crippen molar-refractivity contribution in [2.45, 2.75) is 25.9 Å². The zero-order valence-electron chi connectivity index (χ0n) is 8.82. The van der Waals surface area contributed by atoms with Crippen LogP contribution in [0.25, 0.3) is 0 Å². The van der Waals surface area contributed by atoms with E-state index in [1.54, 1.807) is 7.11 Å². The highest BCUT2D eigenvalue weighted by Gasteiger charge is 2.41. The van der Waals surface area contributed by atoms with Gasteiger partial charge in [-0.05, 0) is 31.7 Å². The maximum atomic E-state index is 11.4. The fourth-order valence-corrected chi connectivity index (χ4v) is 4.28. The van der Waals surface area contributed by atoms with E-state index in [1.807, 2.05) is 6.92 Å². The second-order valence-electron chi connectivity index (χ2n) is 4.30. The van der Waals surface area contributed by atoms with E-state index >= 15 is 0 Å². The van der Waals surface area contributed by atoms with E-state index in [1.165, 1.54) is 0 Å². The molecule has 0 bridgehead atoms. The van der Waals surface area contributed by atoms with Crippen LogP contribution in [0, 0.1) is 5.41 Å². The van der Waals surface area contributed by atoms with E-state index in [0.29, 0.717) is 13.0 Å². The molecular weight excluding hydrogens is 202 g/mol. The Hall–Kier alpha value is -0.130. The second-order valence-corrected chi connectivity index (χ2v) is 6.48. The van der Waals surface area contributed by atoms with Crippen molar-refractivity contribution in [3.63, 3.8) is 0 Å². The Morgan fingerprint density at radius 3 is 2.57 bits per heavy atom. The van der Waals surface area contributed by atoms with Gasteiger partial charge in [-0.1, -0.05) is 0 Å². The fourth-order valence-electron chi connectivity index (χ4n) is 2.08. The molecule has 1 aliphatic heterocycles. The summed E-state index contributed by atoms with van der Waals surface area (Å²) in [6.45, 7) is 2.38. The van der Waals surface area contributed by atoms with Gasteiger partial charge in [0.15, 0.2) is 9.84 Å². The average molecular weight is 221 g/mol. The van der Waals surface area contributed by atoms with Crippen LogP contribution in [0.4, 0.5) is 0 Å². The van der Waals surface area contributed by atoms with Crippen LogP contribution in [0.2, 0.25) is 0 Å². The van der Waals surface area contributed by atoms with Crippen molar-refractivity contribution in [1.29, 1.82) is 0 Å². The van der Waals surface area contributed by atoms with Crippen molar-refractivity contribution < 1.29 is 13.2 Å². The Labute approximate surface area is 85.7 Å². The highest BCUT2D eigenvalue weighted by atomic mass is 32.2. The van der Waals surface area contributed by atoms with Gasteiger partial charge in [0.2, 0.25) is 0 Å². The van der Waals surface area contributed by atoms with Crippen LogP contribution in [-0.4, -0.2) is 39.7 Å². The van der Waals surface area contributed by atoms with Crippen LogP contribution in [0.15, 0.2) is 0 Å². The van der Waals surface area contributed by atoms with Gasteiger partial charge in [0.25, 0.3) is 0 Å². The predicted octanol–water partition coefficient (Wildman–Crippen LogP) is 0.175. The minimum absolute atomic E-state index is 0.0758. The van der Waals surface area contributed by atoms with Gasteiger partial charge in [-0.25, -0.2) is 8.42 Å². The molecule has 1 fully saturated rings. The lowest BCUT2D eigenvalue weighted by atomic mass is 9.82. The van der Waals surface area contributed by atoms with E-state index in [9.17, 15) is 8.42 Å². The van der Waals surface area contributed by atoms with Gasteiger partial charge in [-0.2, -0.15) is 0 Å². The van der Waals surface area contributed by atoms with Crippen molar-refractivity contribution in [2.75, 3.05) is 25.2 Å². The molecule has 0 saturated carbocycles. The first-order valence-electron chi connectivity index (χ1n) is 4.86. The number of hydrogen-bond donors (Lipinski definition) is 1. The number of sulfone groups is 1. The first-order chi connectivity index (χ1) is 6.43. The van der Waals surface area contributed by atoms with Crippen molar-refractivity contribution in [2.24, 2.45) is 11.1 Å². The molecule has 0 aromatic carbocycles. The zero-order chi connectivity index (χ0) is 10.8. The topological polar surface area (TPSA) is 69.4 Å². The summed E-state index contributed by atoms with van der Waals surface area (Å²) in [6, 6.07) is 0. The van der Waals surface area contributed by atoms with Crippen LogP contribution < -0.4 is 5.73 Å². The summed E-state index contributed by atoms with van der Waals surface area (Å²) >= 11 is 0. The van der Waals surface area contributed by atoms with E-state index < -0.39 is 9.84 Å². The van der Waals surface area contributed by atoms with E-state index in [2.05, 4.69) is 0 Å². The maximum Gasteiger partial charge on any atom is 0.150 e. The quantitative estimate of drug-likeness (QED) is 0.735. The molecule has 0 aromatic heterocycles. The Morgan fingerprint density at radius 1 is 1.57 bits per heavy atom. The molecule has 1 aliphatic rings. The van der Waals surface area contributed by atoms with E-state index in [-0.39, 0.29) is 23.0 Å². The largest absolute Gasteiger partial charge is 0.382 e. The lowest BCUT2D eigenvalue weighted by Gasteiger charge is -2.28. The molecule has 1 rings (SSSR count). The molecule has 14 heavy (non-hydrogen) atoms. The van der Waals surface area contributed by atoms with Gasteiger partial charge in [-0.3, -0.25) is 0 Å². The van der Waals surface area contributed by atoms with Gasteiger partial charge in [0, 0.05) is 7.11 Å². The van der Waals surface area contributed by atoms with Gasteiger partial charge in [0.05, 0.1) is 17.6 Å². The van der Waals surface area contributed by atoms with Crippen LogP contribution in [0.1, 0.15) is 19.8 Å². The van der Waals surface area contributed by atoms with Crippen molar-refractivity contribution in [3.05, 3.63) is 0 Å². The molecule has 0 aliphatic carbocycles. The summed E-state index contributed by atoms with van der Waals surface area (Å²) in [4.78, 5) is 0. The molecule has 0 spiro atoms. The number of hydrogen-bond acceptors (Lipinski definition) is 4. The summed E-state index contributed by atoms with van der Waals surface area (Å²) in [5.74, 6) is 0.505. The monoisotopic (exact) mass is 221 g/mol. The third-order valence-electron chi connectivity index (χ3n) is 3.03. The fraction of sp³-hybridized carbons (Fsp3) is 1.00. The summed E-state index contributed by atoms with van der Waals surface area (Å²) in [5.41, 5.74) is 5.43. The predicted molar refractivity (Wildman–Crippen MR) is 55.8 cm³/mol. The first kappa shape index (κ1) is 11.9. The lowest BCUT2D eigenvalue weighted by Crippen LogP contribution is -2.35. The number of ether oxygens (including phenoxy) is 1. The molecule has 0 aromatic rings. The molecule has 2 atom stereocenters. The summed E-state index contributed by atoms with van der Waals surface area (Å²) in [6.07, 6.45) is 1.49. The van der Waals surface area contributed by atoms with Crippen LogP contribution in [0.3, 0.4) is 0 Å². The van der Waals surface area contributed by atoms with E-state index in [4.69, 9.17) is 10.5 Å². The molecule has 84 valence electrons. The molecule has 0 radical (unpaired) electrons. The number of rotatable bonds is 4. The van der Waals surface area contributed by atoms with Crippen LogP contribution in [-0.2, 0) is 14.6 Å². The standard InChI is InChI=1S/C9H19NO3S/c1-8(13-2)5-9(6-10)3-4-14(11,12)7-9/h8H,3-7,10H2,1-2H3. The molecule has 4 nitrogen and oxygen atoms in total. The van der Waals surface area contributed by atoms with Crippen LogP contribution in [0.5, 0.6) is 0 Å². The molecular formula is C9H19NO3S. The van der Waals surface area contributed by atoms with E-state index in [0.717, 1.165) is 6.42 Å². The Balaban J connectivity index is 2.70. The van der Waals surface area contributed by atoms with Gasteiger partial charge >= 0.3 is 0 Å². The lowest BCUT2D eigenvalue weighted by molar-refractivity contribution is 0.0744. The molecule has 2 unspecified atom stereocenters. The Kier molecular flexibility index (Phi) is 3.55. The molecule has 5 heteroatoms. The second kappa shape index (κ2) is 4.16. The molecule has 1 saturated heterocycles. The van der Waals surface area contributed by atoms with Crippen molar-refractivity contribution in [3.8, 4) is 0 Å². The maximum absolute atomic E-state index is 11.4. The molecule has 0 amide bonds. The minimum atomic E-state index is -2.86. The molecule has 2 N–H and O–H groups in total. The summed E-state index contributed by atoms with van der Waals surface area (Å²) < 4.78 is 27.9. The highest BCUT2D eigenvalue weighted by molar-refractivity contribution is 7.91. The van der Waals surface area contributed by atoms with Gasteiger partial charge < -0.3 is 10.5 Å². The Bertz CT molecular complexity index is 288. The number of nitrogens with two attached hydrogens (primary N) is 1. The zero-order valence-corrected chi connectivity index (χ0v) is 9.64. The smallest absolute Gasteiger partial charge is 0.150 e. The van der Waals surface area contributed by atoms with Crippen molar-refractivity contribution in [1.82, 2.24) is 0 Å². The van der Waals surface area contributed by atoms with Gasteiger partial charge in [0.1, 0.15) is 0 Å². The molecule has 1 heterocycles. The third-order valence-corrected chi connectivity index (χ3v) is 4.90. The number of methoxy groups -OCH3 is 1. The minimum Gasteiger partial charge on any atom is -0.382 e. The normalized spacial score (nSPS) is 33.1. The SMILES string of the molecule is COC(C)CC1(CN)CCS(=O)(=O)C1. The summed E-state index contributed by atoms with van der Waals surface area (Å²) in [5, 5.41) is 0. The first-order valence-corrected chi connectivity index (χ1v) is 6.68. The highest BCUT2D eigenvalue weighted by Crippen LogP contribution is 2.36. The van der Waals surface area contributed by atoms with Crippen molar-refractivity contribution >= 4 is 9.84 Å².